The van der Waals surface area contributed by atoms with Crippen molar-refractivity contribution in [1.29, 1.82) is 0 Å². The van der Waals surface area contributed by atoms with E-state index in [2.05, 4.69) is 69.1 Å². The largest absolute Gasteiger partial charge is 0.465 e. The van der Waals surface area contributed by atoms with Gasteiger partial charge in [0.2, 0.25) is 5.91 Å². The van der Waals surface area contributed by atoms with E-state index < -0.39 is 11.4 Å². The zero-order valence-electron chi connectivity index (χ0n) is 39.9. The number of nitrogens with zero attached hydrogens (tertiary/aromatic N) is 1. The lowest BCUT2D eigenvalue weighted by atomic mass is 9.32. The van der Waals surface area contributed by atoms with Crippen molar-refractivity contribution in [3.8, 4) is 0 Å². The Hall–Kier alpha value is -4.83. The molecular weight excluding hydrogens is 813 g/mol. The number of aliphatic hydroxyl groups is 1. The first-order chi connectivity index (χ1) is 30.9. The first-order valence-corrected chi connectivity index (χ1v) is 24.3. The first-order valence-electron chi connectivity index (χ1n) is 24.3. The van der Waals surface area contributed by atoms with Gasteiger partial charge in [-0.1, -0.05) is 71.0 Å². The fourth-order valence-corrected chi connectivity index (χ4v) is 15.1. The van der Waals surface area contributed by atoms with Crippen LogP contribution < -0.4 is 16.0 Å². The number of aliphatic hydroxyl groups excluding tert-OH is 1. The highest BCUT2D eigenvalue weighted by Crippen LogP contribution is 2.77. The van der Waals surface area contributed by atoms with Crippen LogP contribution in [0.25, 0.3) is 0 Å². The van der Waals surface area contributed by atoms with Gasteiger partial charge in [-0.15, -0.1) is 0 Å². The van der Waals surface area contributed by atoms with Gasteiger partial charge in [-0.25, -0.2) is 4.79 Å². The van der Waals surface area contributed by atoms with Crippen molar-refractivity contribution >= 4 is 23.7 Å². The third-order valence-electron chi connectivity index (χ3n) is 18.8. The lowest BCUT2D eigenvalue weighted by Crippen LogP contribution is -2.67. The number of esters is 1. The molecule has 0 bridgehead atoms. The molecule has 4 N–H and O–H groups in total. The minimum absolute atomic E-state index is 0.0671. The Morgan fingerprint density at radius 1 is 0.754 bits per heavy atom. The molecule has 0 aliphatic heterocycles. The summed E-state index contributed by atoms with van der Waals surface area (Å²) in [6.07, 6.45) is 12.6. The summed E-state index contributed by atoms with van der Waals surface area (Å²) in [6.45, 7) is 20.1. The predicted molar refractivity (Wildman–Crippen MR) is 252 cm³/mol. The zero-order valence-corrected chi connectivity index (χ0v) is 39.9. The van der Waals surface area contributed by atoms with Crippen LogP contribution in [0.5, 0.6) is 0 Å². The average Bonchev–Trinajstić information content (AvgIpc) is 3.70. The van der Waals surface area contributed by atoms with E-state index in [-0.39, 0.29) is 64.5 Å². The highest BCUT2D eigenvalue weighted by atomic mass is 16.5. The second-order valence-electron chi connectivity index (χ2n) is 22.0. The summed E-state index contributed by atoms with van der Waals surface area (Å²) in [4.78, 5) is 57.3. The maximum Gasteiger partial charge on any atom is 0.339 e. The molecule has 4 unspecified atom stereocenters. The monoisotopic (exact) mass is 885 g/mol. The third-order valence-corrected chi connectivity index (χ3v) is 18.8. The van der Waals surface area contributed by atoms with Gasteiger partial charge in [0.1, 0.15) is 0 Å². The van der Waals surface area contributed by atoms with E-state index in [0.717, 1.165) is 56.1 Å². The average molecular weight is 885 g/mol. The SMILES string of the molecule is C=C(C)[C@@H]1CC[C@]2(C(=O)NCCc3cccc(C(=O)NCc4ccc(C(=O)NCc5ncccc5C(=O)OC)cc4)c3)CC[C@]3(C)C(CCC4[C@@]5(C)CC[C@H](O)C(C)(C)C5CC[C@]43C)C12. The smallest absolute Gasteiger partial charge is 0.339 e. The number of carbonyl (C=O) groups is 4. The molecule has 1 heterocycles. The fourth-order valence-electron chi connectivity index (χ4n) is 15.1. The number of aromatic nitrogens is 1. The second-order valence-corrected chi connectivity index (χ2v) is 22.0. The molecule has 0 radical (unpaired) electrons. The molecule has 5 saturated carbocycles. The lowest BCUT2D eigenvalue weighted by molar-refractivity contribution is -0.246. The van der Waals surface area contributed by atoms with Crippen molar-refractivity contribution in [1.82, 2.24) is 20.9 Å². The number of benzene rings is 2. The number of amides is 3. The third kappa shape index (κ3) is 8.03. The van der Waals surface area contributed by atoms with Gasteiger partial charge in [0.15, 0.2) is 0 Å². The second kappa shape index (κ2) is 17.8. The molecule has 10 nitrogen and oxygen atoms in total. The number of allylic oxidation sites excluding steroid dienone is 1. The molecule has 3 amide bonds. The number of pyridine rings is 1. The Kier molecular flexibility index (Phi) is 12.8. The molecule has 65 heavy (non-hydrogen) atoms. The van der Waals surface area contributed by atoms with E-state index in [1.165, 1.54) is 31.9 Å². The summed E-state index contributed by atoms with van der Waals surface area (Å²) >= 11 is 0. The fraction of sp³-hybridized carbons (Fsp3) is 0.582. The maximum atomic E-state index is 14.8. The van der Waals surface area contributed by atoms with Crippen molar-refractivity contribution in [3.05, 3.63) is 113 Å². The van der Waals surface area contributed by atoms with Gasteiger partial charge in [-0.3, -0.25) is 19.4 Å². The van der Waals surface area contributed by atoms with Crippen molar-refractivity contribution in [2.24, 2.45) is 56.7 Å². The summed E-state index contributed by atoms with van der Waals surface area (Å²) in [5, 5.41) is 20.4. The predicted octanol–water partition coefficient (Wildman–Crippen LogP) is 9.41. The quantitative estimate of drug-likeness (QED) is 0.105. The summed E-state index contributed by atoms with van der Waals surface area (Å²) in [5.41, 5.74) is 4.83. The van der Waals surface area contributed by atoms with Crippen LogP contribution >= 0.6 is 0 Å². The zero-order chi connectivity index (χ0) is 46.5. The Balaban J connectivity index is 0.873. The van der Waals surface area contributed by atoms with Crippen LogP contribution in [0.15, 0.2) is 79.0 Å². The Bertz CT molecular complexity index is 2330. The number of fused-ring (bicyclic) bond motifs is 7. The Morgan fingerprint density at radius 3 is 2.23 bits per heavy atom. The highest BCUT2D eigenvalue weighted by molar-refractivity contribution is 5.95. The van der Waals surface area contributed by atoms with Gasteiger partial charge in [0, 0.05) is 30.4 Å². The van der Waals surface area contributed by atoms with Crippen LogP contribution in [0, 0.1) is 56.7 Å². The number of methoxy groups -OCH3 is 1. The summed E-state index contributed by atoms with van der Waals surface area (Å²) in [5.74, 6) is 1.42. The molecule has 2 aromatic carbocycles. The van der Waals surface area contributed by atoms with Crippen LogP contribution in [-0.4, -0.2) is 53.5 Å². The minimum atomic E-state index is -0.517. The van der Waals surface area contributed by atoms with Crippen LogP contribution in [0.3, 0.4) is 0 Å². The number of rotatable bonds is 12. The number of nitrogens with one attached hydrogen (secondary N) is 3. The molecule has 0 saturated heterocycles. The van der Waals surface area contributed by atoms with Crippen LogP contribution in [-0.2, 0) is 29.0 Å². The Morgan fingerprint density at radius 2 is 1.49 bits per heavy atom. The van der Waals surface area contributed by atoms with Gasteiger partial charge in [0.25, 0.3) is 11.8 Å². The van der Waals surface area contributed by atoms with Gasteiger partial charge < -0.3 is 25.8 Å². The molecule has 1 aromatic heterocycles. The molecule has 5 aliphatic rings. The van der Waals surface area contributed by atoms with Crippen molar-refractivity contribution in [2.45, 2.75) is 131 Å². The highest BCUT2D eigenvalue weighted by Gasteiger charge is 2.71. The number of hydrogen-bond donors (Lipinski definition) is 4. The molecule has 8 rings (SSSR count). The molecule has 5 fully saturated rings. The Labute approximate surface area is 386 Å². The molecule has 5 aliphatic carbocycles. The van der Waals surface area contributed by atoms with Gasteiger partial charge in [0.05, 0.1) is 36.4 Å². The van der Waals surface area contributed by atoms with E-state index in [9.17, 15) is 24.3 Å². The molecule has 10 atom stereocenters. The summed E-state index contributed by atoms with van der Waals surface area (Å²) < 4.78 is 4.82. The molecular formula is C55H72N4O6. The van der Waals surface area contributed by atoms with Gasteiger partial charge in [-0.2, -0.15) is 0 Å². The number of hydrogen-bond acceptors (Lipinski definition) is 7. The summed E-state index contributed by atoms with van der Waals surface area (Å²) in [6, 6.07) is 17.9. The maximum absolute atomic E-state index is 14.8. The van der Waals surface area contributed by atoms with E-state index >= 15 is 0 Å². The minimum Gasteiger partial charge on any atom is -0.465 e. The van der Waals surface area contributed by atoms with E-state index in [1.807, 2.05) is 18.2 Å². The van der Waals surface area contributed by atoms with Crippen molar-refractivity contribution in [3.63, 3.8) is 0 Å². The molecule has 0 spiro atoms. The lowest BCUT2D eigenvalue weighted by Gasteiger charge is -2.72. The standard InChI is InChI=1S/C55H72N4O6/c1-34(2)39-20-26-55(28-27-53(6)41(46(39)55)18-19-44-52(5)24-22-45(60)51(3,4)43(52)21-25-54(44,53)7)50(64)57-30-23-35-11-9-12-38(31-35)48(62)58-32-36-14-16-37(17-15-36)47(61)59-33-42-40(49(63)65-8)13-10-29-56-42/h9-17,29,31,39,41,43-46,60H,1,18-28,30,32-33H2,2-8H3,(H,57,64)(H,58,62)(H,59,61)/t39-,41?,43?,44?,45-,46?,52-,53+,54+,55-/m0/s1. The van der Waals surface area contributed by atoms with Gasteiger partial charge >= 0.3 is 5.97 Å². The normalized spacial score (nSPS) is 33.2. The van der Waals surface area contributed by atoms with E-state index in [1.54, 1.807) is 48.7 Å². The van der Waals surface area contributed by atoms with Crippen LogP contribution in [0.2, 0.25) is 0 Å². The van der Waals surface area contributed by atoms with E-state index in [0.29, 0.717) is 59.0 Å². The molecule has 10 heteroatoms. The number of carbonyl (C=O) groups excluding carboxylic acids is 4. The van der Waals surface area contributed by atoms with Crippen molar-refractivity contribution < 1.29 is 29.0 Å². The number of ether oxygens (including phenoxy) is 1. The van der Waals surface area contributed by atoms with Crippen LogP contribution in [0.1, 0.15) is 154 Å². The first kappa shape index (κ1) is 46.7. The van der Waals surface area contributed by atoms with Crippen LogP contribution in [0.4, 0.5) is 0 Å². The molecule has 3 aromatic rings. The molecule has 348 valence electrons. The van der Waals surface area contributed by atoms with Gasteiger partial charge in [-0.05, 0) is 176 Å². The summed E-state index contributed by atoms with van der Waals surface area (Å²) in [7, 11) is 1.30. The van der Waals surface area contributed by atoms with Crippen molar-refractivity contribution in [2.75, 3.05) is 13.7 Å². The topological polar surface area (TPSA) is 147 Å². The van der Waals surface area contributed by atoms with E-state index in [4.69, 9.17) is 4.74 Å².